The van der Waals surface area contributed by atoms with Crippen LogP contribution in [0.15, 0.2) is 0 Å². The van der Waals surface area contributed by atoms with Gasteiger partial charge in [0, 0.05) is 32.0 Å². The minimum absolute atomic E-state index is 0.0166. The molecule has 1 amide bonds. The molecule has 0 aromatic carbocycles. The molecule has 0 radical (unpaired) electrons. The normalized spacial score (nSPS) is 31.1. The van der Waals surface area contributed by atoms with Gasteiger partial charge in [-0.05, 0) is 32.1 Å². The highest BCUT2D eigenvalue weighted by Crippen LogP contribution is 2.30. The second-order valence-electron chi connectivity index (χ2n) is 5.84. The Hall–Kier alpha value is -1.10. The quantitative estimate of drug-likeness (QED) is 0.837. The van der Waals surface area contributed by atoms with Gasteiger partial charge in [-0.2, -0.15) is 0 Å². The highest BCUT2D eigenvalue weighted by atomic mass is 16.5. The van der Waals surface area contributed by atoms with E-state index in [1.807, 2.05) is 11.9 Å². The lowest BCUT2D eigenvalue weighted by molar-refractivity contribution is -0.145. The standard InChI is InChI=1S/C14H23NO4/c1-15(8-10-6-7-19-9-10)13(16)11-2-4-12(5-3-11)14(17)18/h10-12H,2-9H2,1H3,(H,17,18). The summed E-state index contributed by atoms with van der Waals surface area (Å²) in [6.45, 7) is 2.32. The maximum atomic E-state index is 12.3. The number of carboxylic acid groups (broad SMARTS) is 1. The van der Waals surface area contributed by atoms with Gasteiger partial charge in [0.2, 0.25) is 5.91 Å². The van der Waals surface area contributed by atoms with Crippen molar-refractivity contribution < 1.29 is 19.4 Å². The molecule has 5 nitrogen and oxygen atoms in total. The zero-order valence-electron chi connectivity index (χ0n) is 11.5. The highest BCUT2D eigenvalue weighted by Gasteiger charge is 2.31. The summed E-state index contributed by atoms with van der Waals surface area (Å²) in [5.74, 6) is -0.317. The first-order valence-electron chi connectivity index (χ1n) is 7.13. The molecule has 108 valence electrons. The zero-order chi connectivity index (χ0) is 13.8. The van der Waals surface area contributed by atoms with Gasteiger partial charge in [-0.1, -0.05) is 0 Å². The maximum absolute atomic E-state index is 12.3. The van der Waals surface area contributed by atoms with E-state index in [1.54, 1.807) is 0 Å². The number of rotatable bonds is 4. The molecule has 1 unspecified atom stereocenters. The first-order valence-corrected chi connectivity index (χ1v) is 7.13. The summed E-state index contributed by atoms with van der Waals surface area (Å²) in [5.41, 5.74) is 0. The van der Waals surface area contributed by atoms with Crippen molar-refractivity contribution >= 4 is 11.9 Å². The van der Waals surface area contributed by atoms with E-state index in [4.69, 9.17) is 9.84 Å². The Morgan fingerprint density at radius 3 is 2.32 bits per heavy atom. The van der Waals surface area contributed by atoms with Crippen molar-refractivity contribution in [2.24, 2.45) is 17.8 Å². The van der Waals surface area contributed by atoms with Crippen LogP contribution in [0.5, 0.6) is 0 Å². The average molecular weight is 269 g/mol. The van der Waals surface area contributed by atoms with E-state index < -0.39 is 5.97 Å². The number of carbonyl (C=O) groups is 2. The summed E-state index contributed by atoms with van der Waals surface area (Å²) >= 11 is 0. The van der Waals surface area contributed by atoms with Crippen LogP contribution in [0.4, 0.5) is 0 Å². The summed E-state index contributed by atoms with van der Waals surface area (Å²) in [7, 11) is 1.85. The van der Waals surface area contributed by atoms with Crippen molar-refractivity contribution in [3.63, 3.8) is 0 Å². The van der Waals surface area contributed by atoms with Crippen LogP contribution in [-0.2, 0) is 14.3 Å². The van der Waals surface area contributed by atoms with Gasteiger partial charge in [-0.3, -0.25) is 9.59 Å². The van der Waals surface area contributed by atoms with Gasteiger partial charge in [0.15, 0.2) is 0 Å². The Morgan fingerprint density at radius 2 is 1.79 bits per heavy atom. The van der Waals surface area contributed by atoms with E-state index in [9.17, 15) is 9.59 Å². The van der Waals surface area contributed by atoms with Crippen molar-refractivity contribution in [3.8, 4) is 0 Å². The number of ether oxygens (including phenoxy) is 1. The van der Waals surface area contributed by atoms with Crippen molar-refractivity contribution in [1.82, 2.24) is 4.90 Å². The van der Waals surface area contributed by atoms with E-state index in [2.05, 4.69) is 0 Å². The third-order valence-corrected chi connectivity index (χ3v) is 4.36. The Labute approximate surface area is 113 Å². The summed E-state index contributed by atoms with van der Waals surface area (Å²) in [6.07, 6.45) is 3.71. The third kappa shape index (κ3) is 3.69. The molecule has 1 heterocycles. The van der Waals surface area contributed by atoms with Crippen LogP contribution < -0.4 is 0 Å². The van der Waals surface area contributed by atoms with E-state index in [0.29, 0.717) is 31.6 Å². The lowest BCUT2D eigenvalue weighted by Crippen LogP contribution is -2.38. The van der Waals surface area contributed by atoms with Crippen LogP contribution in [0.1, 0.15) is 32.1 Å². The Balaban J connectivity index is 1.78. The van der Waals surface area contributed by atoms with Crippen molar-refractivity contribution in [1.29, 1.82) is 0 Å². The largest absolute Gasteiger partial charge is 0.481 e. The molecule has 0 spiro atoms. The Bertz CT molecular complexity index is 330. The van der Waals surface area contributed by atoms with Crippen LogP contribution in [0.2, 0.25) is 0 Å². The minimum Gasteiger partial charge on any atom is -0.481 e. The number of carboxylic acids is 1. The van der Waals surface area contributed by atoms with E-state index >= 15 is 0 Å². The summed E-state index contributed by atoms with van der Waals surface area (Å²) in [4.78, 5) is 25.0. The second-order valence-corrected chi connectivity index (χ2v) is 5.84. The van der Waals surface area contributed by atoms with Crippen LogP contribution in [0.3, 0.4) is 0 Å². The van der Waals surface area contributed by atoms with Gasteiger partial charge in [-0.25, -0.2) is 0 Å². The van der Waals surface area contributed by atoms with Crippen LogP contribution in [0, 0.1) is 17.8 Å². The minimum atomic E-state index is -0.720. The van der Waals surface area contributed by atoms with Gasteiger partial charge in [0.1, 0.15) is 0 Å². The first kappa shape index (κ1) is 14.3. The van der Waals surface area contributed by atoms with Crippen LogP contribution in [-0.4, -0.2) is 48.7 Å². The topological polar surface area (TPSA) is 66.8 Å². The molecule has 1 atom stereocenters. The molecule has 1 aliphatic heterocycles. The number of carbonyl (C=O) groups excluding carboxylic acids is 1. The fourth-order valence-electron chi connectivity index (χ4n) is 3.10. The van der Waals surface area contributed by atoms with Gasteiger partial charge in [-0.15, -0.1) is 0 Å². The Morgan fingerprint density at radius 1 is 1.16 bits per heavy atom. The van der Waals surface area contributed by atoms with Gasteiger partial charge in [0.25, 0.3) is 0 Å². The van der Waals surface area contributed by atoms with Crippen molar-refractivity contribution in [2.45, 2.75) is 32.1 Å². The summed E-state index contributed by atoms with van der Waals surface area (Å²) in [5, 5.41) is 8.95. The van der Waals surface area contributed by atoms with Gasteiger partial charge < -0.3 is 14.7 Å². The number of aliphatic carboxylic acids is 1. The second kappa shape index (κ2) is 6.37. The molecule has 1 N–H and O–H groups in total. The molecule has 5 heteroatoms. The molecule has 0 aromatic rings. The highest BCUT2D eigenvalue weighted by molar-refractivity contribution is 5.79. The molecule has 2 aliphatic rings. The van der Waals surface area contributed by atoms with E-state index in [-0.39, 0.29) is 17.7 Å². The third-order valence-electron chi connectivity index (χ3n) is 4.36. The van der Waals surface area contributed by atoms with Crippen LogP contribution >= 0.6 is 0 Å². The fraction of sp³-hybridized carbons (Fsp3) is 0.857. The number of hydrogen-bond acceptors (Lipinski definition) is 3. The molecule has 0 aromatic heterocycles. The average Bonchev–Trinajstić information content (AvgIpc) is 2.90. The van der Waals surface area contributed by atoms with E-state index in [1.165, 1.54) is 0 Å². The predicted molar refractivity (Wildman–Crippen MR) is 69.6 cm³/mol. The summed E-state index contributed by atoms with van der Waals surface area (Å²) in [6, 6.07) is 0. The fourth-order valence-corrected chi connectivity index (χ4v) is 3.10. The van der Waals surface area contributed by atoms with E-state index in [0.717, 1.165) is 26.2 Å². The van der Waals surface area contributed by atoms with Crippen molar-refractivity contribution in [3.05, 3.63) is 0 Å². The van der Waals surface area contributed by atoms with Crippen LogP contribution in [0.25, 0.3) is 0 Å². The smallest absolute Gasteiger partial charge is 0.306 e. The molecule has 2 rings (SSSR count). The molecule has 2 fully saturated rings. The lowest BCUT2D eigenvalue weighted by atomic mass is 9.81. The number of nitrogens with zero attached hydrogens (tertiary/aromatic N) is 1. The monoisotopic (exact) mass is 269 g/mol. The molecular formula is C14H23NO4. The summed E-state index contributed by atoms with van der Waals surface area (Å²) < 4.78 is 5.32. The first-order chi connectivity index (χ1) is 9.08. The zero-order valence-corrected chi connectivity index (χ0v) is 11.5. The van der Waals surface area contributed by atoms with Gasteiger partial charge in [0.05, 0.1) is 12.5 Å². The molecule has 0 bridgehead atoms. The maximum Gasteiger partial charge on any atom is 0.306 e. The SMILES string of the molecule is CN(CC1CCOC1)C(=O)C1CCC(C(=O)O)CC1. The Kier molecular flexibility index (Phi) is 4.80. The number of hydrogen-bond donors (Lipinski definition) is 1. The lowest BCUT2D eigenvalue weighted by Gasteiger charge is -2.30. The molecule has 19 heavy (non-hydrogen) atoms. The molecule has 1 saturated heterocycles. The molecule has 1 aliphatic carbocycles. The molecule has 1 saturated carbocycles. The van der Waals surface area contributed by atoms with Gasteiger partial charge >= 0.3 is 5.97 Å². The number of amides is 1. The molecular weight excluding hydrogens is 246 g/mol. The van der Waals surface area contributed by atoms with Crippen molar-refractivity contribution in [2.75, 3.05) is 26.8 Å². The predicted octanol–water partition coefficient (Wildman–Crippen LogP) is 1.37.